The summed E-state index contributed by atoms with van der Waals surface area (Å²) >= 11 is 0. The Labute approximate surface area is 118 Å². The van der Waals surface area contributed by atoms with Crippen LogP contribution >= 0.6 is 0 Å². The van der Waals surface area contributed by atoms with Gasteiger partial charge in [-0.25, -0.2) is 8.42 Å². The molecule has 1 saturated heterocycles. The van der Waals surface area contributed by atoms with Gasteiger partial charge in [0.1, 0.15) is 10.8 Å². The Bertz CT molecular complexity index is 509. The first-order valence-electron chi connectivity index (χ1n) is 6.93. The van der Waals surface area contributed by atoms with Crippen LogP contribution in [0.4, 0.5) is 0 Å². The number of oxime groups is 1. The van der Waals surface area contributed by atoms with E-state index in [-0.39, 0.29) is 11.6 Å². The van der Waals surface area contributed by atoms with Gasteiger partial charge in [0.2, 0.25) is 5.91 Å². The molecule has 7 nitrogen and oxygen atoms in total. The standard InChI is InChI=1S/C12H21N3O4S/c13-11(15-17)12(6-2-3-7-12)14-10(16)9-5-1-4-8-20(9,18)19/h9,17H,1-8H2,(H2,13,15)(H,14,16). The van der Waals surface area contributed by atoms with Crippen LogP contribution in [0.25, 0.3) is 0 Å². The van der Waals surface area contributed by atoms with Gasteiger partial charge in [-0.2, -0.15) is 0 Å². The van der Waals surface area contributed by atoms with Gasteiger partial charge in [0.25, 0.3) is 0 Å². The molecule has 1 heterocycles. The van der Waals surface area contributed by atoms with E-state index in [1.54, 1.807) is 0 Å². The summed E-state index contributed by atoms with van der Waals surface area (Å²) in [6.07, 6.45) is 4.54. The third kappa shape index (κ3) is 2.74. The zero-order chi connectivity index (χ0) is 14.8. The molecule has 2 aliphatic rings. The molecule has 0 aromatic carbocycles. The maximum Gasteiger partial charge on any atom is 0.239 e. The topological polar surface area (TPSA) is 122 Å². The fourth-order valence-electron chi connectivity index (χ4n) is 3.08. The quantitative estimate of drug-likeness (QED) is 0.296. The van der Waals surface area contributed by atoms with Gasteiger partial charge in [0.15, 0.2) is 15.7 Å². The number of hydrogen-bond donors (Lipinski definition) is 3. The fraction of sp³-hybridized carbons (Fsp3) is 0.833. The number of hydrogen-bond acceptors (Lipinski definition) is 5. The Morgan fingerprint density at radius 3 is 2.45 bits per heavy atom. The first-order chi connectivity index (χ1) is 9.41. The van der Waals surface area contributed by atoms with Crippen molar-refractivity contribution < 1.29 is 18.4 Å². The monoisotopic (exact) mass is 303 g/mol. The van der Waals surface area contributed by atoms with E-state index in [9.17, 15) is 13.2 Å². The smallest absolute Gasteiger partial charge is 0.239 e. The van der Waals surface area contributed by atoms with Crippen molar-refractivity contribution in [2.45, 2.75) is 55.7 Å². The molecule has 1 aliphatic heterocycles. The molecule has 0 bridgehead atoms. The first-order valence-corrected chi connectivity index (χ1v) is 8.64. The van der Waals surface area contributed by atoms with Crippen LogP contribution in [0.5, 0.6) is 0 Å². The molecule has 4 N–H and O–H groups in total. The summed E-state index contributed by atoms with van der Waals surface area (Å²) in [6.45, 7) is 0. The lowest BCUT2D eigenvalue weighted by Gasteiger charge is -2.31. The van der Waals surface area contributed by atoms with Crippen LogP contribution in [0.3, 0.4) is 0 Å². The number of carbonyl (C=O) groups excluding carboxylic acids is 1. The summed E-state index contributed by atoms with van der Waals surface area (Å²) in [5.74, 6) is -0.503. The van der Waals surface area contributed by atoms with Crippen LogP contribution in [-0.2, 0) is 14.6 Å². The van der Waals surface area contributed by atoms with E-state index < -0.39 is 26.5 Å². The van der Waals surface area contributed by atoms with E-state index in [0.717, 1.165) is 19.3 Å². The zero-order valence-electron chi connectivity index (χ0n) is 11.3. The predicted octanol–water partition coefficient (Wildman–Crippen LogP) is 0.129. The van der Waals surface area contributed by atoms with Crippen LogP contribution in [0.1, 0.15) is 44.9 Å². The molecule has 1 amide bonds. The number of nitrogens with one attached hydrogen (secondary N) is 1. The zero-order valence-corrected chi connectivity index (χ0v) is 12.2. The molecule has 1 atom stereocenters. The minimum Gasteiger partial charge on any atom is -0.409 e. The van der Waals surface area contributed by atoms with Gasteiger partial charge in [-0.1, -0.05) is 24.4 Å². The number of rotatable bonds is 3. The minimum absolute atomic E-state index is 0.0449. The molecule has 1 aliphatic carbocycles. The second kappa shape index (κ2) is 5.59. The number of amides is 1. The number of carbonyl (C=O) groups is 1. The molecule has 8 heteroatoms. The van der Waals surface area contributed by atoms with Gasteiger partial charge in [-0.15, -0.1) is 0 Å². The van der Waals surface area contributed by atoms with E-state index >= 15 is 0 Å². The molecule has 0 aromatic heterocycles. The summed E-state index contributed by atoms with van der Waals surface area (Å²) < 4.78 is 23.9. The van der Waals surface area contributed by atoms with Crippen molar-refractivity contribution in [2.24, 2.45) is 10.9 Å². The van der Waals surface area contributed by atoms with Gasteiger partial charge in [0, 0.05) is 0 Å². The summed E-state index contributed by atoms with van der Waals surface area (Å²) in [5, 5.41) is 13.6. The molecule has 2 fully saturated rings. The SMILES string of the molecule is NC(=NO)C1(NC(=O)C2CCCCS2(=O)=O)CCCC1. The Hall–Kier alpha value is -1.31. The Morgan fingerprint density at radius 2 is 1.90 bits per heavy atom. The van der Waals surface area contributed by atoms with E-state index in [1.165, 1.54) is 0 Å². The Balaban J connectivity index is 2.17. The van der Waals surface area contributed by atoms with Crippen LogP contribution in [-0.4, -0.2) is 41.9 Å². The van der Waals surface area contributed by atoms with Crippen molar-refractivity contribution in [3.05, 3.63) is 0 Å². The molecule has 0 radical (unpaired) electrons. The number of nitrogens with two attached hydrogens (primary N) is 1. The Morgan fingerprint density at radius 1 is 1.25 bits per heavy atom. The molecule has 2 rings (SSSR count). The first kappa shape index (κ1) is 15.1. The molecule has 0 spiro atoms. The second-order valence-corrected chi connectivity index (χ2v) is 7.92. The number of sulfone groups is 1. The second-order valence-electron chi connectivity index (χ2n) is 5.62. The number of nitrogens with zero attached hydrogens (tertiary/aromatic N) is 1. The predicted molar refractivity (Wildman–Crippen MR) is 74.2 cm³/mol. The molecular weight excluding hydrogens is 282 g/mol. The highest BCUT2D eigenvalue weighted by molar-refractivity contribution is 7.92. The van der Waals surface area contributed by atoms with Crippen molar-refractivity contribution in [3.63, 3.8) is 0 Å². The molecule has 20 heavy (non-hydrogen) atoms. The van der Waals surface area contributed by atoms with Crippen LogP contribution in [0.2, 0.25) is 0 Å². The summed E-state index contributed by atoms with van der Waals surface area (Å²) in [5.41, 5.74) is 4.80. The average molecular weight is 303 g/mol. The summed E-state index contributed by atoms with van der Waals surface area (Å²) in [7, 11) is -3.38. The van der Waals surface area contributed by atoms with Crippen LogP contribution in [0, 0.1) is 0 Å². The number of amidine groups is 1. The maximum atomic E-state index is 12.3. The molecule has 0 aromatic rings. The van der Waals surface area contributed by atoms with Crippen molar-refractivity contribution >= 4 is 21.6 Å². The average Bonchev–Trinajstić information content (AvgIpc) is 2.86. The largest absolute Gasteiger partial charge is 0.409 e. The highest BCUT2D eigenvalue weighted by atomic mass is 32.2. The van der Waals surface area contributed by atoms with Gasteiger partial charge in [-0.3, -0.25) is 4.79 Å². The van der Waals surface area contributed by atoms with Crippen molar-refractivity contribution in [3.8, 4) is 0 Å². The van der Waals surface area contributed by atoms with Gasteiger partial charge in [0.05, 0.1) is 5.75 Å². The third-order valence-electron chi connectivity index (χ3n) is 4.29. The normalized spacial score (nSPS) is 29.0. The van der Waals surface area contributed by atoms with Gasteiger partial charge >= 0.3 is 0 Å². The van der Waals surface area contributed by atoms with E-state index in [1.807, 2.05) is 0 Å². The molecule has 1 unspecified atom stereocenters. The van der Waals surface area contributed by atoms with E-state index in [4.69, 9.17) is 10.9 Å². The van der Waals surface area contributed by atoms with Crippen molar-refractivity contribution in [1.82, 2.24) is 5.32 Å². The van der Waals surface area contributed by atoms with Crippen molar-refractivity contribution in [2.75, 3.05) is 5.75 Å². The Kier molecular flexibility index (Phi) is 4.22. The van der Waals surface area contributed by atoms with Gasteiger partial charge < -0.3 is 16.3 Å². The molecule has 114 valence electrons. The highest BCUT2D eigenvalue weighted by Crippen LogP contribution is 2.31. The third-order valence-corrected chi connectivity index (χ3v) is 6.46. The lowest BCUT2D eigenvalue weighted by atomic mass is 9.95. The van der Waals surface area contributed by atoms with Crippen LogP contribution in [0.15, 0.2) is 5.16 Å². The summed E-state index contributed by atoms with van der Waals surface area (Å²) in [4.78, 5) is 12.3. The fourth-order valence-corrected chi connectivity index (χ4v) is 4.89. The molecule has 1 saturated carbocycles. The molecular formula is C12H21N3O4S. The van der Waals surface area contributed by atoms with Crippen LogP contribution < -0.4 is 11.1 Å². The highest BCUT2D eigenvalue weighted by Gasteiger charge is 2.43. The van der Waals surface area contributed by atoms with E-state index in [2.05, 4.69) is 10.5 Å². The van der Waals surface area contributed by atoms with Crippen molar-refractivity contribution in [1.29, 1.82) is 0 Å². The minimum atomic E-state index is -3.38. The van der Waals surface area contributed by atoms with E-state index in [0.29, 0.717) is 25.7 Å². The summed E-state index contributed by atoms with van der Waals surface area (Å²) in [6, 6.07) is 0. The van der Waals surface area contributed by atoms with Gasteiger partial charge in [-0.05, 0) is 25.7 Å². The lowest BCUT2D eigenvalue weighted by molar-refractivity contribution is -0.122. The maximum absolute atomic E-state index is 12.3. The lowest BCUT2D eigenvalue weighted by Crippen LogP contribution is -2.59.